The second-order valence-electron chi connectivity index (χ2n) is 8.33. The van der Waals surface area contributed by atoms with Crippen LogP contribution in [-0.4, -0.2) is 12.8 Å². The molecule has 2 unspecified atom stereocenters. The zero-order valence-corrected chi connectivity index (χ0v) is 16.5. The number of hydrogen-bond acceptors (Lipinski definition) is 1. The van der Waals surface area contributed by atoms with E-state index in [9.17, 15) is 22.0 Å². The SMILES string of the molecule is Fc1cc2cc(C3CCC(C4CCCCC4)CO3)ccc2c(F)c1C#CC(F)(F)F. The fraction of sp³-hybridized carbons (Fsp3) is 0.500. The molecule has 6 heteroatoms. The van der Waals surface area contributed by atoms with Crippen molar-refractivity contribution in [1.82, 2.24) is 0 Å². The lowest BCUT2D eigenvalue weighted by Gasteiger charge is -2.36. The van der Waals surface area contributed by atoms with Crippen molar-refractivity contribution in [2.24, 2.45) is 11.8 Å². The van der Waals surface area contributed by atoms with Gasteiger partial charge in [0.15, 0.2) is 0 Å². The zero-order chi connectivity index (χ0) is 21.3. The molecule has 160 valence electrons. The molecule has 30 heavy (non-hydrogen) atoms. The van der Waals surface area contributed by atoms with E-state index in [0.717, 1.165) is 36.3 Å². The minimum Gasteiger partial charge on any atom is -0.373 e. The van der Waals surface area contributed by atoms with Crippen molar-refractivity contribution in [3.63, 3.8) is 0 Å². The molecule has 0 radical (unpaired) electrons. The van der Waals surface area contributed by atoms with Crippen LogP contribution in [0.4, 0.5) is 22.0 Å². The predicted octanol–water partition coefficient (Wildman–Crippen LogP) is 7.08. The average molecular weight is 422 g/mol. The van der Waals surface area contributed by atoms with Crippen LogP contribution in [0.3, 0.4) is 0 Å². The molecule has 1 heterocycles. The quantitative estimate of drug-likeness (QED) is 0.371. The second kappa shape index (κ2) is 8.55. The molecular formula is C24H23F5O. The van der Waals surface area contributed by atoms with E-state index < -0.39 is 23.4 Å². The molecule has 2 aromatic carbocycles. The van der Waals surface area contributed by atoms with E-state index in [1.807, 2.05) is 0 Å². The first-order valence-electron chi connectivity index (χ1n) is 10.4. The van der Waals surface area contributed by atoms with E-state index in [0.29, 0.717) is 12.5 Å². The number of alkyl halides is 3. The molecule has 2 aromatic rings. The van der Waals surface area contributed by atoms with Crippen LogP contribution in [-0.2, 0) is 4.74 Å². The Hall–Kier alpha value is -2.13. The van der Waals surface area contributed by atoms with E-state index >= 15 is 0 Å². The van der Waals surface area contributed by atoms with Crippen molar-refractivity contribution in [3.05, 3.63) is 47.0 Å². The first-order chi connectivity index (χ1) is 14.3. The van der Waals surface area contributed by atoms with Crippen LogP contribution in [0.1, 0.15) is 62.2 Å². The van der Waals surface area contributed by atoms with Gasteiger partial charge in [0.05, 0.1) is 18.3 Å². The first kappa shape index (κ1) is 21.1. The van der Waals surface area contributed by atoms with E-state index in [2.05, 4.69) is 0 Å². The molecule has 1 aliphatic heterocycles. The Morgan fingerprint density at radius 2 is 1.67 bits per heavy atom. The molecule has 2 fully saturated rings. The van der Waals surface area contributed by atoms with Gasteiger partial charge in [-0.3, -0.25) is 0 Å². The first-order valence-corrected chi connectivity index (χ1v) is 10.4. The number of benzene rings is 2. The third-order valence-electron chi connectivity index (χ3n) is 6.38. The van der Waals surface area contributed by atoms with Crippen LogP contribution >= 0.6 is 0 Å². The van der Waals surface area contributed by atoms with Crippen LogP contribution in [0.15, 0.2) is 24.3 Å². The summed E-state index contributed by atoms with van der Waals surface area (Å²) in [5, 5.41) is 0.334. The number of hydrogen-bond donors (Lipinski definition) is 0. The van der Waals surface area contributed by atoms with Crippen LogP contribution in [0, 0.1) is 35.3 Å². The molecule has 2 aliphatic rings. The third-order valence-corrected chi connectivity index (χ3v) is 6.38. The summed E-state index contributed by atoms with van der Waals surface area (Å²) in [5.41, 5.74) is -0.0330. The van der Waals surface area contributed by atoms with Crippen LogP contribution in [0.5, 0.6) is 0 Å². The maximum absolute atomic E-state index is 14.6. The minimum atomic E-state index is -4.81. The van der Waals surface area contributed by atoms with E-state index in [1.54, 1.807) is 18.1 Å². The zero-order valence-electron chi connectivity index (χ0n) is 16.5. The Morgan fingerprint density at radius 1 is 0.900 bits per heavy atom. The Kier molecular flexibility index (Phi) is 6.02. The lowest BCUT2D eigenvalue weighted by atomic mass is 9.77. The molecule has 1 aliphatic carbocycles. The fourth-order valence-electron chi connectivity index (χ4n) is 4.81. The molecule has 1 nitrogen and oxygen atoms in total. The summed E-state index contributed by atoms with van der Waals surface area (Å²) < 4.78 is 71.8. The molecular weight excluding hydrogens is 399 g/mol. The van der Waals surface area contributed by atoms with E-state index in [4.69, 9.17) is 4.74 Å². The van der Waals surface area contributed by atoms with E-state index in [1.165, 1.54) is 38.2 Å². The van der Waals surface area contributed by atoms with Crippen LogP contribution in [0.25, 0.3) is 10.8 Å². The smallest absolute Gasteiger partial charge is 0.373 e. The van der Waals surface area contributed by atoms with Gasteiger partial charge in [0.1, 0.15) is 11.6 Å². The molecule has 2 atom stereocenters. The molecule has 1 saturated carbocycles. The van der Waals surface area contributed by atoms with Crippen molar-refractivity contribution < 1.29 is 26.7 Å². The van der Waals surface area contributed by atoms with Gasteiger partial charge in [0.25, 0.3) is 0 Å². The summed E-state index contributed by atoms with van der Waals surface area (Å²) in [6.07, 6.45) is 3.43. The van der Waals surface area contributed by atoms with Crippen molar-refractivity contribution in [2.45, 2.75) is 57.2 Å². The van der Waals surface area contributed by atoms with Crippen molar-refractivity contribution in [1.29, 1.82) is 0 Å². The minimum absolute atomic E-state index is 0.0440. The number of halogens is 5. The Balaban J connectivity index is 1.53. The van der Waals surface area contributed by atoms with Gasteiger partial charge in [-0.1, -0.05) is 50.2 Å². The normalized spacial score (nSPS) is 23.2. The van der Waals surface area contributed by atoms with Gasteiger partial charge in [0, 0.05) is 11.3 Å². The van der Waals surface area contributed by atoms with Gasteiger partial charge < -0.3 is 4.74 Å². The summed E-state index contributed by atoms with van der Waals surface area (Å²) in [6.45, 7) is 0.696. The molecule has 1 saturated heterocycles. The topological polar surface area (TPSA) is 9.23 Å². The van der Waals surface area contributed by atoms with Gasteiger partial charge >= 0.3 is 6.18 Å². The largest absolute Gasteiger partial charge is 0.458 e. The van der Waals surface area contributed by atoms with Crippen molar-refractivity contribution in [2.75, 3.05) is 6.61 Å². The van der Waals surface area contributed by atoms with Gasteiger partial charge in [-0.2, -0.15) is 13.2 Å². The molecule has 0 N–H and O–H groups in total. The Labute approximate surface area is 172 Å². The van der Waals surface area contributed by atoms with Crippen molar-refractivity contribution in [3.8, 4) is 11.8 Å². The maximum atomic E-state index is 14.6. The number of rotatable bonds is 2. The highest BCUT2D eigenvalue weighted by Crippen LogP contribution is 2.39. The summed E-state index contributed by atoms with van der Waals surface area (Å²) in [5.74, 6) is 1.64. The monoisotopic (exact) mass is 422 g/mol. The van der Waals surface area contributed by atoms with Crippen molar-refractivity contribution >= 4 is 10.8 Å². The van der Waals surface area contributed by atoms with Gasteiger partial charge in [0.2, 0.25) is 0 Å². The second-order valence-corrected chi connectivity index (χ2v) is 8.33. The number of fused-ring (bicyclic) bond motifs is 1. The predicted molar refractivity (Wildman–Crippen MR) is 105 cm³/mol. The number of ether oxygens (including phenoxy) is 1. The third kappa shape index (κ3) is 4.62. The van der Waals surface area contributed by atoms with Gasteiger partial charge in [-0.15, -0.1) is 0 Å². The molecule has 0 amide bonds. The highest BCUT2D eigenvalue weighted by Gasteiger charge is 2.30. The van der Waals surface area contributed by atoms with E-state index in [-0.39, 0.29) is 16.9 Å². The maximum Gasteiger partial charge on any atom is 0.458 e. The lowest BCUT2D eigenvalue weighted by Crippen LogP contribution is -2.28. The highest BCUT2D eigenvalue weighted by molar-refractivity contribution is 5.85. The summed E-state index contributed by atoms with van der Waals surface area (Å²) in [7, 11) is 0. The fourth-order valence-corrected chi connectivity index (χ4v) is 4.81. The summed E-state index contributed by atoms with van der Waals surface area (Å²) in [6, 6.07) is 5.87. The Bertz CT molecular complexity index is 971. The van der Waals surface area contributed by atoms with Crippen LogP contribution in [0.2, 0.25) is 0 Å². The molecule has 0 bridgehead atoms. The summed E-state index contributed by atoms with van der Waals surface area (Å²) in [4.78, 5) is 0. The lowest BCUT2D eigenvalue weighted by molar-refractivity contribution is -0.0696. The average Bonchev–Trinajstić information content (AvgIpc) is 2.73. The molecule has 4 rings (SSSR count). The summed E-state index contributed by atoms with van der Waals surface area (Å²) >= 11 is 0. The highest BCUT2D eigenvalue weighted by atomic mass is 19.4. The van der Waals surface area contributed by atoms with Gasteiger partial charge in [-0.05, 0) is 47.8 Å². The Morgan fingerprint density at radius 3 is 2.33 bits per heavy atom. The van der Waals surface area contributed by atoms with Crippen LogP contribution < -0.4 is 0 Å². The van der Waals surface area contributed by atoms with Gasteiger partial charge in [-0.25, -0.2) is 8.78 Å². The standard InChI is InChI=1S/C24H23F5O/c25-21-13-18-12-16(6-8-19(18)23(26)20(21)10-11-24(27,28)29)22-9-7-17(14-30-22)15-4-2-1-3-5-15/h6,8,12-13,15,17,22H,1-5,7,9,14H2. The molecule has 0 aromatic heterocycles. The molecule has 0 spiro atoms.